The molecule has 0 radical (unpaired) electrons. The highest BCUT2D eigenvalue weighted by molar-refractivity contribution is 7.97. The molecule has 2 aromatic carbocycles. The number of rotatable bonds is 8. The predicted octanol–water partition coefficient (Wildman–Crippen LogP) is 6.45. The van der Waals surface area contributed by atoms with Crippen LogP contribution in [0.1, 0.15) is 25.5 Å². The third kappa shape index (κ3) is 10.2. The number of halogens is 3. The molecule has 0 aliphatic carbocycles. The van der Waals surface area contributed by atoms with Crippen LogP contribution < -0.4 is 15.4 Å². The Balaban J connectivity index is 0.00000148. The lowest BCUT2D eigenvalue weighted by molar-refractivity contribution is -0.140. The number of piperazine rings is 1. The first-order chi connectivity index (χ1) is 21.6. The fraction of sp³-hybridized carbons (Fsp3) is 0.455. The fourth-order valence-corrected chi connectivity index (χ4v) is 7.43. The van der Waals surface area contributed by atoms with Crippen molar-refractivity contribution < 1.29 is 22.1 Å². The maximum atomic E-state index is 13.6. The number of ether oxygens (including phenoxy) is 1. The lowest BCUT2D eigenvalue weighted by atomic mass is 10.1. The van der Waals surface area contributed by atoms with E-state index in [-0.39, 0.29) is 12.6 Å². The molecule has 0 spiro atoms. The van der Waals surface area contributed by atoms with E-state index < -0.39 is 23.5 Å². The molecule has 3 aromatic rings. The van der Waals surface area contributed by atoms with Crippen LogP contribution in [0, 0.1) is 11.8 Å². The number of likely N-dealkylation sites (N-methyl/N-ethyl adjacent to an activating group) is 1. The average Bonchev–Trinajstić information content (AvgIpc) is 3.35. The summed E-state index contributed by atoms with van der Waals surface area (Å²) >= 11 is 1.71. The monoisotopic (exact) mass is 661 g/mol. The molecule has 2 saturated heterocycles. The highest BCUT2D eigenvalue weighted by atomic mass is 32.2. The molecule has 2 fully saturated rings. The number of hydrogen-bond acceptors (Lipinski definition) is 7. The molecule has 12 heteroatoms. The van der Waals surface area contributed by atoms with Gasteiger partial charge in [0.2, 0.25) is 0 Å². The molecule has 5 rings (SSSR count). The first kappa shape index (κ1) is 34.8. The number of alkyl halides is 3. The highest BCUT2D eigenvalue weighted by Gasteiger charge is 2.30. The van der Waals surface area contributed by atoms with Crippen molar-refractivity contribution in [3.63, 3.8) is 0 Å². The Bertz CT molecular complexity index is 1510. The van der Waals surface area contributed by atoms with E-state index in [1.165, 1.54) is 4.57 Å². The molecule has 0 unspecified atom stereocenters. The summed E-state index contributed by atoms with van der Waals surface area (Å²) in [4.78, 5) is 3.39. The predicted molar refractivity (Wildman–Crippen MR) is 182 cm³/mol. The largest absolute Gasteiger partial charge is 0.495 e. The van der Waals surface area contributed by atoms with Crippen LogP contribution >= 0.6 is 11.9 Å². The minimum atomic E-state index is -4.39. The van der Waals surface area contributed by atoms with E-state index in [1.54, 1.807) is 43.3 Å². The number of allylic oxidation sites excluding steroid dienone is 1. The lowest BCUT2D eigenvalue weighted by Gasteiger charge is -2.31. The van der Waals surface area contributed by atoms with E-state index in [1.807, 2.05) is 31.2 Å². The number of fused-ring (bicyclic) bond motifs is 1. The third-order valence-electron chi connectivity index (χ3n) is 7.48. The Morgan fingerprint density at radius 2 is 1.82 bits per heavy atom. The van der Waals surface area contributed by atoms with Gasteiger partial charge in [0.05, 0.1) is 30.6 Å². The van der Waals surface area contributed by atoms with Gasteiger partial charge in [0.25, 0.3) is 0 Å². The maximum absolute atomic E-state index is 13.6. The molecule has 0 amide bonds. The number of nitrogens with zero attached hydrogens (tertiary/aromatic N) is 3. The number of nitrogens with one attached hydrogen (secondary N) is 2. The Kier molecular flexibility index (Phi) is 12.7. The second-order valence-corrected chi connectivity index (χ2v) is 13.9. The molecule has 7 nitrogen and oxygen atoms in total. The van der Waals surface area contributed by atoms with E-state index in [9.17, 15) is 17.4 Å². The normalized spacial score (nSPS) is 19.2. The number of aromatic nitrogens is 1. The quantitative estimate of drug-likeness (QED) is 0.164. The molecule has 0 atom stereocenters. The summed E-state index contributed by atoms with van der Waals surface area (Å²) in [5.74, 6) is 7.92. The maximum Gasteiger partial charge on any atom is 0.406 e. The first-order valence-electron chi connectivity index (χ1n) is 15.0. The van der Waals surface area contributed by atoms with Crippen molar-refractivity contribution in [2.45, 2.75) is 43.4 Å². The lowest BCUT2D eigenvalue weighted by Crippen LogP contribution is -2.40. The van der Waals surface area contributed by atoms with Gasteiger partial charge in [-0.15, -0.1) is 6.58 Å². The van der Waals surface area contributed by atoms with Gasteiger partial charge in [-0.05, 0) is 81.1 Å². The van der Waals surface area contributed by atoms with Crippen molar-refractivity contribution in [2.24, 2.45) is 0 Å². The van der Waals surface area contributed by atoms with E-state index in [4.69, 9.17) is 4.74 Å². The second kappa shape index (κ2) is 16.5. The van der Waals surface area contributed by atoms with Gasteiger partial charge in [-0.3, -0.25) is 4.21 Å². The van der Waals surface area contributed by atoms with Gasteiger partial charge in [-0.25, -0.2) is 4.31 Å². The SMILES string of the molecule is C=CC.COc1cc(SN2CCN(C)CC2)ccc1NCC#Cc1cc2c(NC3CCS(=O)CC3)cccc2n1CC(F)(F)F. The molecule has 2 N–H and O–H groups in total. The molecule has 45 heavy (non-hydrogen) atoms. The molecule has 0 saturated carbocycles. The van der Waals surface area contributed by atoms with Gasteiger partial charge >= 0.3 is 6.18 Å². The zero-order valence-corrected chi connectivity index (χ0v) is 27.7. The zero-order valence-electron chi connectivity index (χ0n) is 26.1. The standard InChI is InChI=1S/C30H36F3N5O2S2.C3H6/c1-36-13-15-37(16-14-36)41-24-8-9-27(29(20-24)40-2)34-12-4-5-23-19-25-26(35-22-10-17-42(39)18-11-22)6-3-7-28(25)38(23)21-30(31,32)33;1-3-2/h3,6-9,19-20,22,34-35H,10-18,21H2,1-2H3;3H,1H2,2H3. The van der Waals surface area contributed by atoms with Crippen LogP contribution in [0.4, 0.5) is 24.5 Å². The molecule has 244 valence electrons. The summed E-state index contributed by atoms with van der Waals surface area (Å²) in [6.45, 7) is 8.41. The number of hydrogen-bond donors (Lipinski definition) is 2. The molecule has 2 aliphatic heterocycles. The van der Waals surface area contributed by atoms with Crippen molar-refractivity contribution in [1.29, 1.82) is 0 Å². The summed E-state index contributed by atoms with van der Waals surface area (Å²) < 4.78 is 61.7. The first-order valence-corrected chi connectivity index (χ1v) is 17.3. The fourth-order valence-electron chi connectivity index (χ4n) is 5.20. The minimum Gasteiger partial charge on any atom is -0.495 e. The molecular weight excluding hydrogens is 620 g/mol. The van der Waals surface area contributed by atoms with E-state index in [0.29, 0.717) is 33.9 Å². The smallest absolute Gasteiger partial charge is 0.406 e. The molecule has 2 aliphatic rings. The molecule has 1 aromatic heterocycles. The van der Waals surface area contributed by atoms with Gasteiger partial charge in [0, 0.05) is 70.5 Å². The van der Waals surface area contributed by atoms with Crippen LogP contribution in [-0.2, 0) is 17.3 Å². The molecule has 3 heterocycles. The van der Waals surface area contributed by atoms with Crippen molar-refractivity contribution >= 4 is 45.0 Å². The van der Waals surface area contributed by atoms with Crippen LogP contribution in [0.5, 0.6) is 5.75 Å². The van der Waals surface area contributed by atoms with Crippen molar-refractivity contribution in [2.75, 3.05) is 69.0 Å². The van der Waals surface area contributed by atoms with Gasteiger partial charge in [0.1, 0.15) is 12.3 Å². The van der Waals surface area contributed by atoms with E-state index in [2.05, 4.69) is 45.3 Å². The van der Waals surface area contributed by atoms with Crippen LogP contribution in [0.25, 0.3) is 10.9 Å². The zero-order chi connectivity index (χ0) is 32.4. The third-order valence-corrected chi connectivity index (χ3v) is 9.95. The van der Waals surface area contributed by atoms with Gasteiger partial charge < -0.3 is 24.8 Å². The van der Waals surface area contributed by atoms with Crippen molar-refractivity contribution in [1.82, 2.24) is 13.8 Å². The minimum absolute atomic E-state index is 0.138. The summed E-state index contributed by atoms with van der Waals surface area (Å²) in [7, 11) is 2.96. The Hall–Kier alpha value is -3.11. The van der Waals surface area contributed by atoms with E-state index in [0.717, 1.165) is 55.3 Å². The van der Waals surface area contributed by atoms with Crippen LogP contribution in [0.3, 0.4) is 0 Å². The Morgan fingerprint density at radius 3 is 2.49 bits per heavy atom. The average molecular weight is 662 g/mol. The Morgan fingerprint density at radius 1 is 1.11 bits per heavy atom. The second-order valence-electron chi connectivity index (χ2n) is 11.0. The van der Waals surface area contributed by atoms with Crippen LogP contribution in [-0.4, -0.2) is 88.6 Å². The van der Waals surface area contributed by atoms with Crippen LogP contribution in [0.15, 0.2) is 60.0 Å². The molecule has 0 bridgehead atoms. The summed E-state index contributed by atoms with van der Waals surface area (Å²) in [5, 5.41) is 7.41. The van der Waals surface area contributed by atoms with E-state index >= 15 is 0 Å². The topological polar surface area (TPSA) is 61.8 Å². The van der Waals surface area contributed by atoms with Gasteiger partial charge in [-0.1, -0.05) is 18.1 Å². The van der Waals surface area contributed by atoms with Crippen molar-refractivity contribution in [3.05, 3.63) is 60.8 Å². The highest BCUT2D eigenvalue weighted by Crippen LogP contribution is 2.33. The number of methoxy groups -OCH3 is 1. The number of anilines is 2. The summed E-state index contributed by atoms with van der Waals surface area (Å²) in [5.41, 5.74) is 2.31. The summed E-state index contributed by atoms with van der Waals surface area (Å²) in [6, 6.07) is 13.1. The summed E-state index contributed by atoms with van der Waals surface area (Å²) in [6.07, 6.45) is -1.11. The van der Waals surface area contributed by atoms with Gasteiger partial charge in [0.15, 0.2) is 0 Å². The van der Waals surface area contributed by atoms with Crippen LogP contribution in [0.2, 0.25) is 0 Å². The Labute approximate surface area is 271 Å². The van der Waals surface area contributed by atoms with Crippen molar-refractivity contribution in [3.8, 4) is 17.6 Å². The van der Waals surface area contributed by atoms with Gasteiger partial charge in [-0.2, -0.15) is 13.2 Å². The molecular formula is C33H42F3N5O2S2. The number of benzene rings is 2.